The van der Waals surface area contributed by atoms with Crippen LogP contribution in [0.3, 0.4) is 0 Å². The van der Waals surface area contributed by atoms with E-state index in [1.54, 1.807) is 12.1 Å². The van der Waals surface area contributed by atoms with Crippen LogP contribution in [0.1, 0.15) is 40.5 Å². The Kier molecular flexibility index (Phi) is 11.5. The molecule has 2 N–H and O–H groups in total. The van der Waals surface area contributed by atoms with Crippen LogP contribution < -0.4 is 10.6 Å². The SMILES string of the molecule is CCNC(=NCc1nc(-c2ccc(Cl)cc2)no1)NCCN(C(C)C)C(C)C.I. The van der Waals surface area contributed by atoms with Crippen molar-refractivity contribution in [2.45, 2.75) is 53.2 Å². The highest BCUT2D eigenvalue weighted by atomic mass is 127. The topological polar surface area (TPSA) is 78.6 Å². The summed E-state index contributed by atoms with van der Waals surface area (Å²) in [6, 6.07) is 8.34. The van der Waals surface area contributed by atoms with E-state index < -0.39 is 0 Å². The first-order chi connectivity index (χ1) is 13.4. The van der Waals surface area contributed by atoms with Crippen molar-refractivity contribution in [2.24, 2.45) is 4.99 Å². The van der Waals surface area contributed by atoms with Gasteiger partial charge in [0.15, 0.2) is 5.96 Å². The van der Waals surface area contributed by atoms with Gasteiger partial charge in [-0.25, -0.2) is 4.99 Å². The van der Waals surface area contributed by atoms with Crippen LogP contribution in [0.5, 0.6) is 0 Å². The molecule has 7 nitrogen and oxygen atoms in total. The molecule has 2 rings (SSSR count). The van der Waals surface area contributed by atoms with Crippen LogP contribution in [0.25, 0.3) is 11.4 Å². The molecule has 0 aliphatic rings. The minimum Gasteiger partial charge on any atom is -0.357 e. The molecule has 0 saturated heterocycles. The van der Waals surface area contributed by atoms with Crippen LogP contribution >= 0.6 is 35.6 Å². The molecule has 9 heteroatoms. The van der Waals surface area contributed by atoms with Gasteiger partial charge in [-0.3, -0.25) is 4.90 Å². The summed E-state index contributed by atoms with van der Waals surface area (Å²) in [5.74, 6) is 1.73. The third kappa shape index (κ3) is 8.47. The van der Waals surface area contributed by atoms with Gasteiger partial charge in [0, 0.05) is 42.3 Å². The zero-order valence-corrected chi connectivity index (χ0v) is 20.9. The maximum Gasteiger partial charge on any atom is 0.248 e. The van der Waals surface area contributed by atoms with E-state index in [2.05, 4.69) is 58.4 Å². The third-order valence-corrected chi connectivity index (χ3v) is 4.53. The quantitative estimate of drug-likeness (QED) is 0.285. The van der Waals surface area contributed by atoms with Gasteiger partial charge in [0.25, 0.3) is 0 Å². The van der Waals surface area contributed by atoms with Gasteiger partial charge in [0.2, 0.25) is 11.7 Å². The molecule has 0 aliphatic carbocycles. The van der Waals surface area contributed by atoms with Crippen molar-refractivity contribution in [1.82, 2.24) is 25.7 Å². The first-order valence-corrected chi connectivity index (χ1v) is 10.1. The summed E-state index contributed by atoms with van der Waals surface area (Å²) in [7, 11) is 0. The van der Waals surface area contributed by atoms with Gasteiger partial charge in [-0.05, 0) is 58.9 Å². The van der Waals surface area contributed by atoms with Crippen molar-refractivity contribution in [3.63, 3.8) is 0 Å². The Hall–Kier alpha value is -1.39. The summed E-state index contributed by atoms with van der Waals surface area (Å²) in [5.41, 5.74) is 0.857. The van der Waals surface area contributed by atoms with E-state index in [0.717, 1.165) is 31.2 Å². The van der Waals surface area contributed by atoms with Crippen molar-refractivity contribution in [3.8, 4) is 11.4 Å². The molecule has 0 amide bonds. The van der Waals surface area contributed by atoms with E-state index in [1.165, 1.54) is 0 Å². The Labute approximate surface area is 195 Å². The molecule has 0 saturated carbocycles. The number of nitrogens with one attached hydrogen (secondary N) is 2. The average Bonchev–Trinajstić information content (AvgIpc) is 3.12. The molecular formula is C20H32ClIN6O. The van der Waals surface area contributed by atoms with Crippen molar-refractivity contribution >= 4 is 41.5 Å². The van der Waals surface area contributed by atoms with Crippen molar-refractivity contribution in [1.29, 1.82) is 0 Å². The van der Waals surface area contributed by atoms with E-state index in [0.29, 0.717) is 35.4 Å². The normalized spacial score (nSPS) is 11.8. The van der Waals surface area contributed by atoms with E-state index in [-0.39, 0.29) is 24.0 Å². The van der Waals surface area contributed by atoms with Gasteiger partial charge in [-0.2, -0.15) is 4.98 Å². The van der Waals surface area contributed by atoms with Crippen molar-refractivity contribution in [3.05, 3.63) is 35.2 Å². The second kappa shape index (κ2) is 13.0. The molecule has 0 atom stereocenters. The summed E-state index contributed by atoms with van der Waals surface area (Å²) < 4.78 is 5.32. The van der Waals surface area contributed by atoms with Gasteiger partial charge in [0.05, 0.1) is 0 Å². The largest absolute Gasteiger partial charge is 0.357 e. The molecule has 1 aromatic carbocycles. The monoisotopic (exact) mass is 534 g/mol. The summed E-state index contributed by atoms with van der Waals surface area (Å²) in [6.07, 6.45) is 0. The standard InChI is InChI=1S/C20H31ClN6O.HI/c1-6-22-20(23-11-12-27(14(2)3)15(4)5)24-13-18-25-19(26-28-18)16-7-9-17(21)10-8-16;/h7-10,14-15H,6,11-13H2,1-5H3,(H2,22,23,24);1H. The number of nitrogens with zero attached hydrogens (tertiary/aromatic N) is 4. The van der Waals surface area contributed by atoms with Crippen LogP contribution in [0.2, 0.25) is 5.02 Å². The van der Waals surface area contributed by atoms with E-state index in [1.807, 2.05) is 19.1 Å². The Morgan fingerprint density at radius 3 is 2.38 bits per heavy atom. The van der Waals surface area contributed by atoms with Crippen LogP contribution in [0.15, 0.2) is 33.8 Å². The lowest BCUT2D eigenvalue weighted by molar-refractivity contribution is 0.178. The molecule has 1 aromatic heterocycles. The molecule has 0 bridgehead atoms. The summed E-state index contributed by atoms with van der Waals surface area (Å²) in [4.78, 5) is 11.4. The highest BCUT2D eigenvalue weighted by Crippen LogP contribution is 2.18. The van der Waals surface area contributed by atoms with E-state index in [9.17, 15) is 0 Å². The molecule has 162 valence electrons. The molecule has 0 unspecified atom stereocenters. The Morgan fingerprint density at radius 2 is 1.79 bits per heavy atom. The number of rotatable bonds is 9. The highest BCUT2D eigenvalue weighted by molar-refractivity contribution is 14.0. The average molecular weight is 535 g/mol. The number of halogens is 2. The molecule has 0 fully saturated rings. The fourth-order valence-electron chi connectivity index (χ4n) is 2.94. The third-order valence-electron chi connectivity index (χ3n) is 4.28. The molecule has 0 spiro atoms. The molecular weight excluding hydrogens is 503 g/mol. The number of aliphatic imine (C=N–C) groups is 1. The maximum absolute atomic E-state index is 5.92. The first-order valence-electron chi connectivity index (χ1n) is 9.77. The second-order valence-corrected chi connectivity index (χ2v) is 7.50. The van der Waals surface area contributed by atoms with Gasteiger partial charge < -0.3 is 15.2 Å². The Morgan fingerprint density at radius 1 is 1.14 bits per heavy atom. The van der Waals surface area contributed by atoms with E-state index >= 15 is 0 Å². The van der Waals surface area contributed by atoms with Crippen LogP contribution in [-0.4, -0.2) is 52.7 Å². The Balaban J connectivity index is 0.00000420. The smallest absolute Gasteiger partial charge is 0.248 e. The molecule has 1 heterocycles. The van der Waals surface area contributed by atoms with Crippen LogP contribution in [-0.2, 0) is 6.54 Å². The zero-order valence-electron chi connectivity index (χ0n) is 17.8. The Bertz CT molecular complexity index is 740. The number of hydrogen-bond donors (Lipinski definition) is 2. The first kappa shape index (κ1) is 25.6. The second-order valence-electron chi connectivity index (χ2n) is 7.07. The lowest BCUT2D eigenvalue weighted by Crippen LogP contribution is -2.45. The fourth-order valence-corrected chi connectivity index (χ4v) is 3.07. The lowest BCUT2D eigenvalue weighted by Gasteiger charge is -2.30. The predicted molar refractivity (Wildman–Crippen MR) is 130 cm³/mol. The van der Waals surface area contributed by atoms with Crippen molar-refractivity contribution < 1.29 is 4.52 Å². The number of guanidine groups is 1. The van der Waals surface area contributed by atoms with E-state index in [4.69, 9.17) is 16.1 Å². The number of benzene rings is 1. The molecule has 0 radical (unpaired) electrons. The van der Waals surface area contributed by atoms with Gasteiger partial charge >= 0.3 is 0 Å². The zero-order chi connectivity index (χ0) is 20.5. The summed E-state index contributed by atoms with van der Waals surface area (Å²) in [6.45, 7) is 13.7. The predicted octanol–water partition coefficient (Wildman–Crippen LogP) is 4.18. The summed E-state index contributed by atoms with van der Waals surface area (Å²) in [5, 5.41) is 11.3. The number of hydrogen-bond acceptors (Lipinski definition) is 5. The molecule has 2 aromatic rings. The minimum absolute atomic E-state index is 0. The van der Waals surface area contributed by atoms with Gasteiger partial charge in [0.1, 0.15) is 6.54 Å². The van der Waals surface area contributed by atoms with Crippen LogP contribution in [0, 0.1) is 0 Å². The highest BCUT2D eigenvalue weighted by Gasteiger charge is 2.13. The van der Waals surface area contributed by atoms with Crippen molar-refractivity contribution in [2.75, 3.05) is 19.6 Å². The number of aromatic nitrogens is 2. The summed E-state index contributed by atoms with van der Waals surface area (Å²) >= 11 is 5.92. The minimum atomic E-state index is 0. The van der Waals surface area contributed by atoms with Gasteiger partial charge in [-0.15, -0.1) is 24.0 Å². The lowest BCUT2D eigenvalue weighted by atomic mass is 10.2. The van der Waals surface area contributed by atoms with Gasteiger partial charge in [-0.1, -0.05) is 16.8 Å². The molecule has 29 heavy (non-hydrogen) atoms. The fraction of sp³-hybridized carbons (Fsp3) is 0.550. The molecule has 0 aliphatic heterocycles. The van der Waals surface area contributed by atoms with Crippen LogP contribution in [0.4, 0.5) is 0 Å². The maximum atomic E-state index is 5.92.